The first-order valence-electron chi connectivity index (χ1n) is 6.91. The van der Waals surface area contributed by atoms with Gasteiger partial charge in [0.1, 0.15) is 0 Å². The fourth-order valence-corrected chi connectivity index (χ4v) is 1.96. The highest BCUT2D eigenvalue weighted by Gasteiger charge is 2.09. The molecule has 1 amide bonds. The zero-order chi connectivity index (χ0) is 14.1. The monoisotopic (exact) mass is 268 g/mol. The number of carbonyl (C=O) groups excluding carboxylic acids is 1. The van der Waals surface area contributed by atoms with E-state index in [0.29, 0.717) is 43.6 Å². The van der Waals surface area contributed by atoms with Gasteiger partial charge in [0.25, 0.3) is 0 Å². The Morgan fingerprint density at radius 3 is 2.84 bits per heavy atom. The predicted octanol–water partition coefficient (Wildman–Crippen LogP) is 1.19. The second-order valence-corrected chi connectivity index (χ2v) is 4.73. The van der Waals surface area contributed by atoms with Gasteiger partial charge in [-0.05, 0) is 32.2 Å². The number of hydrogen-bond donors (Lipinski definition) is 2. The molecular formula is C13H24N4O2. The third-order valence-electron chi connectivity index (χ3n) is 3.16. The van der Waals surface area contributed by atoms with Crippen molar-refractivity contribution in [2.45, 2.75) is 46.0 Å². The zero-order valence-corrected chi connectivity index (χ0v) is 11.8. The molecule has 108 valence electrons. The standard InChI is InChI=1S/C13H24N4O2/c1-3-11(6-8-14)4-5-12(18)15-9-7-13-16-10(2)17-19-13/h11H,3-9,14H2,1-2H3,(H,15,18). The molecule has 1 atom stereocenters. The molecule has 6 heteroatoms. The van der Waals surface area contributed by atoms with E-state index < -0.39 is 0 Å². The van der Waals surface area contributed by atoms with E-state index in [2.05, 4.69) is 22.4 Å². The number of rotatable bonds is 9. The summed E-state index contributed by atoms with van der Waals surface area (Å²) in [5.74, 6) is 1.81. The van der Waals surface area contributed by atoms with Crippen LogP contribution in [0.5, 0.6) is 0 Å². The van der Waals surface area contributed by atoms with Crippen LogP contribution in [0.3, 0.4) is 0 Å². The van der Waals surface area contributed by atoms with Crippen LogP contribution >= 0.6 is 0 Å². The van der Waals surface area contributed by atoms with Crippen LogP contribution in [0.1, 0.15) is 44.3 Å². The highest BCUT2D eigenvalue weighted by atomic mass is 16.5. The average molecular weight is 268 g/mol. The van der Waals surface area contributed by atoms with Gasteiger partial charge >= 0.3 is 0 Å². The van der Waals surface area contributed by atoms with Crippen molar-refractivity contribution in [1.29, 1.82) is 0 Å². The predicted molar refractivity (Wildman–Crippen MR) is 72.4 cm³/mol. The first-order chi connectivity index (χ1) is 9.15. The molecule has 0 aliphatic rings. The smallest absolute Gasteiger partial charge is 0.228 e. The van der Waals surface area contributed by atoms with Gasteiger partial charge < -0.3 is 15.6 Å². The molecule has 0 aromatic carbocycles. The lowest BCUT2D eigenvalue weighted by atomic mass is 9.96. The number of hydrogen-bond acceptors (Lipinski definition) is 5. The zero-order valence-electron chi connectivity index (χ0n) is 11.8. The van der Waals surface area contributed by atoms with Crippen molar-refractivity contribution in [3.8, 4) is 0 Å². The lowest BCUT2D eigenvalue weighted by Crippen LogP contribution is -2.26. The Morgan fingerprint density at radius 1 is 1.47 bits per heavy atom. The maximum atomic E-state index is 11.7. The van der Waals surface area contributed by atoms with E-state index in [0.717, 1.165) is 19.3 Å². The molecule has 0 saturated heterocycles. The summed E-state index contributed by atoms with van der Waals surface area (Å²) in [5, 5.41) is 6.56. The van der Waals surface area contributed by atoms with E-state index >= 15 is 0 Å². The van der Waals surface area contributed by atoms with E-state index in [1.165, 1.54) is 0 Å². The van der Waals surface area contributed by atoms with Crippen molar-refractivity contribution < 1.29 is 9.32 Å². The lowest BCUT2D eigenvalue weighted by molar-refractivity contribution is -0.121. The topological polar surface area (TPSA) is 94.0 Å². The molecule has 1 aromatic rings. The number of nitrogens with zero attached hydrogens (tertiary/aromatic N) is 2. The minimum atomic E-state index is 0.0757. The van der Waals surface area contributed by atoms with Gasteiger partial charge in [0, 0.05) is 19.4 Å². The van der Waals surface area contributed by atoms with Crippen LogP contribution in [0, 0.1) is 12.8 Å². The Morgan fingerprint density at radius 2 is 2.26 bits per heavy atom. The Balaban J connectivity index is 2.14. The SMILES string of the molecule is CCC(CCN)CCC(=O)NCCc1nc(C)no1. The molecule has 0 spiro atoms. The van der Waals surface area contributed by atoms with Crippen molar-refractivity contribution in [3.05, 3.63) is 11.7 Å². The number of aromatic nitrogens is 2. The molecular weight excluding hydrogens is 244 g/mol. The molecule has 6 nitrogen and oxygen atoms in total. The molecule has 1 heterocycles. The molecule has 1 unspecified atom stereocenters. The fourth-order valence-electron chi connectivity index (χ4n) is 1.96. The second-order valence-electron chi connectivity index (χ2n) is 4.73. The van der Waals surface area contributed by atoms with Gasteiger partial charge in [-0.2, -0.15) is 4.98 Å². The van der Waals surface area contributed by atoms with Gasteiger partial charge in [0.05, 0.1) is 0 Å². The molecule has 3 N–H and O–H groups in total. The maximum Gasteiger partial charge on any atom is 0.228 e. The van der Waals surface area contributed by atoms with Crippen molar-refractivity contribution >= 4 is 5.91 Å². The van der Waals surface area contributed by atoms with Crippen LogP contribution in [0.15, 0.2) is 4.52 Å². The number of nitrogens with two attached hydrogens (primary N) is 1. The van der Waals surface area contributed by atoms with Crippen molar-refractivity contribution in [2.24, 2.45) is 11.7 Å². The van der Waals surface area contributed by atoms with Gasteiger partial charge in [-0.15, -0.1) is 0 Å². The van der Waals surface area contributed by atoms with Gasteiger partial charge in [-0.3, -0.25) is 4.79 Å². The van der Waals surface area contributed by atoms with Crippen LogP contribution in [-0.2, 0) is 11.2 Å². The highest BCUT2D eigenvalue weighted by molar-refractivity contribution is 5.75. The van der Waals surface area contributed by atoms with E-state index in [1.807, 2.05) is 0 Å². The van der Waals surface area contributed by atoms with Crippen molar-refractivity contribution in [1.82, 2.24) is 15.5 Å². The Bertz CT molecular complexity index is 378. The van der Waals surface area contributed by atoms with E-state index in [-0.39, 0.29) is 5.91 Å². The molecule has 19 heavy (non-hydrogen) atoms. The normalized spacial score (nSPS) is 12.4. The summed E-state index contributed by atoms with van der Waals surface area (Å²) in [6.07, 6.45) is 4.10. The maximum absolute atomic E-state index is 11.7. The molecule has 0 radical (unpaired) electrons. The molecule has 0 fully saturated rings. The van der Waals surface area contributed by atoms with E-state index in [9.17, 15) is 4.79 Å². The van der Waals surface area contributed by atoms with Gasteiger partial charge in [-0.1, -0.05) is 18.5 Å². The summed E-state index contributed by atoms with van der Waals surface area (Å²) in [6.45, 7) is 5.13. The Kier molecular flexibility index (Phi) is 7.10. The summed E-state index contributed by atoms with van der Waals surface area (Å²) in [4.78, 5) is 15.7. The van der Waals surface area contributed by atoms with Gasteiger partial charge in [0.2, 0.25) is 11.8 Å². The molecule has 0 aliphatic heterocycles. The minimum absolute atomic E-state index is 0.0757. The largest absolute Gasteiger partial charge is 0.356 e. The number of amides is 1. The molecule has 0 bridgehead atoms. The molecule has 1 aromatic heterocycles. The summed E-state index contributed by atoms with van der Waals surface area (Å²) in [5.41, 5.74) is 5.53. The summed E-state index contributed by atoms with van der Waals surface area (Å²) >= 11 is 0. The van der Waals surface area contributed by atoms with Crippen LogP contribution in [0.2, 0.25) is 0 Å². The minimum Gasteiger partial charge on any atom is -0.356 e. The molecule has 0 saturated carbocycles. The highest BCUT2D eigenvalue weighted by Crippen LogP contribution is 2.14. The number of carbonyl (C=O) groups is 1. The summed E-state index contributed by atoms with van der Waals surface area (Å²) < 4.78 is 4.97. The van der Waals surface area contributed by atoms with Crippen molar-refractivity contribution in [3.63, 3.8) is 0 Å². The third kappa shape index (κ3) is 6.33. The first kappa shape index (κ1) is 15.6. The Labute approximate surface area is 114 Å². The van der Waals surface area contributed by atoms with E-state index in [1.54, 1.807) is 6.92 Å². The number of aryl methyl sites for hydroxylation is 1. The third-order valence-corrected chi connectivity index (χ3v) is 3.16. The lowest BCUT2D eigenvalue weighted by Gasteiger charge is -2.12. The average Bonchev–Trinajstić information content (AvgIpc) is 2.80. The van der Waals surface area contributed by atoms with E-state index in [4.69, 9.17) is 10.3 Å². The van der Waals surface area contributed by atoms with Crippen LogP contribution < -0.4 is 11.1 Å². The van der Waals surface area contributed by atoms with Crippen LogP contribution in [0.25, 0.3) is 0 Å². The first-order valence-corrected chi connectivity index (χ1v) is 6.91. The Hall–Kier alpha value is -1.43. The van der Waals surface area contributed by atoms with Crippen LogP contribution in [0.4, 0.5) is 0 Å². The van der Waals surface area contributed by atoms with Gasteiger partial charge in [-0.25, -0.2) is 0 Å². The molecule has 0 aliphatic carbocycles. The summed E-state index contributed by atoms with van der Waals surface area (Å²) in [7, 11) is 0. The summed E-state index contributed by atoms with van der Waals surface area (Å²) in [6, 6.07) is 0. The second kappa shape index (κ2) is 8.63. The van der Waals surface area contributed by atoms with Crippen molar-refractivity contribution in [2.75, 3.05) is 13.1 Å². The quantitative estimate of drug-likeness (QED) is 0.701. The molecule has 1 rings (SSSR count). The number of nitrogens with one attached hydrogen (secondary N) is 1. The fraction of sp³-hybridized carbons (Fsp3) is 0.769. The van der Waals surface area contributed by atoms with Crippen LogP contribution in [-0.4, -0.2) is 29.1 Å². The van der Waals surface area contributed by atoms with Gasteiger partial charge in [0.15, 0.2) is 5.82 Å².